The van der Waals surface area contributed by atoms with Gasteiger partial charge < -0.3 is 10.1 Å². The van der Waals surface area contributed by atoms with Crippen LogP contribution in [-0.4, -0.2) is 40.3 Å². The van der Waals surface area contributed by atoms with E-state index in [1.807, 2.05) is 6.92 Å². The maximum absolute atomic E-state index is 12.1. The molecule has 6 heteroatoms. The fourth-order valence-corrected chi connectivity index (χ4v) is 3.02. The molecule has 0 spiro atoms. The molecule has 0 fully saturated rings. The first-order chi connectivity index (χ1) is 9.95. The summed E-state index contributed by atoms with van der Waals surface area (Å²) in [5.41, 5.74) is 1.00. The number of aryl methyl sites for hydroxylation is 1. The molecule has 1 amide bonds. The monoisotopic (exact) mass is 313 g/mol. The van der Waals surface area contributed by atoms with Gasteiger partial charge in [0.05, 0.1) is 10.6 Å². The third-order valence-corrected chi connectivity index (χ3v) is 4.81. The summed E-state index contributed by atoms with van der Waals surface area (Å²) in [6, 6.07) is 6.66. The quantitative estimate of drug-likeness (QED) is 0.704. The van der Waals surface area contributed by atoms with Gasteiger partial charge in [-0.2, -0.15) is 0 Å². The van der Waals surface area contributed by atoms with E-state index in [9.17, 15) is 13.2 Å². The van der Waals surface area contributed by atoms with Crippen molar-refractivity contribution >= 4 is 15.7 Å². The third kappa shape index (κ3) is 6.73. The van der Waals surface area contributed by atoms with Gasteiger partial charge in [-0.15, -0.1) is 0 Å². The van der Waals surface area contributed by atoms with Crippen molar-refractivity contribution in [3.8, 4) is 0 Å². The summed E-state index contributed by atoms with van der Waals surface area (Å²) in [6.07, 6.45) is 1.68. The summed E-state index contributed by atoms with van der Waals surface area (Å²) in [7, 11) is -1.76. The van der Waals surface area contributed by atoms with Crippen LogP contribution in [0.1, 0.15) is 24.8 Å². The molecule has 0 unspecified atom stereocenters. The van der Waals surface area contributed by atoms with Crippen molar-refractivity contribution in [2.45, 2.75) is 31.1 Å². The van der Waals surface area contributed by atoms with Crippen LogP contribution in [-0.2, 0) is 19.4 Å². The Hall–Kier alpha value is -1.40. The first-order valence-electron chi connectivity index (χ1n) is 7.01. The van der Waals surface area contributed by atoms with E-state index >= 15 is 0 Å². The number of ether oxygens (including phenoxy) is 1. The number of amides is 1. The van der Waals surface area contributed by atoms with Crippen LogP contribution in [0.2, 0.25) is 0 Å². The summed E-state index contributed by atoms with van der Waals surface area (Å²) >= 11 is 0. The lowest BCUT2D eigenvalue weighted by Crippen LogP contribution is -2.26. The fourth-order valence-electron chi connectivity index (χ4n) is 1.78. The number of hydrogen-bond acceptors (Lipinski definition) is 4. The molecule has 0 radical (unpaired) electrons. The lowest BCUT2D eigenvalue weighted by molar-refractivity contribution is -0.120. The molecule has 0 aromatic heterocycles. The molecule has 0 heterocycles. The van der Waals surface area contributed by atoms with Crippen molar-refractivity contribution < 1.29 is 17.9 Å². The van der Waals surface area contributed by atoms with Crippen LogP contribution in [0.4, 0.5) is 0 Å². The first kappa shape index (κ1) is 17.7. The SMILES string of the molecule is COCCCCNC(=O)CCS(=O)(=O)c1ccc(C)cc1. The highest BCUT2D eigenvalue weighted by Crippen LogP contribution is 2.12. The van der Waals surface area contributed by atoms with E-state index in [4.69, 9.17) is 4.74 Å². The van der Waals surface area contributed by atoms with Gasteiger partial charge >= 0.3 is 0 Å². The number of rotatable bonds is 9. The van der Waals surface area contributed by atoms with Gasteiger partial charge in [0.15, 0.2) is 9.84 Å². The minimum absolute atomic E-state index is 0.0134. The lowest BCUT2D eigenvalue weighted by Gasteiger charge is -2.06. The average molecular weight is 313 g/mol. The van der Waals surface area contributed by atoms with Gasteiger partial charge in [0.2, 0.25) is 5.91 Å². The number of sulfone groups is 1. The lowest BCUT2D eigenvalue weighted by atomic mass is 10.2. The molecule has 21 heavy (non-hydrogen) atoms. The Morgan fingerprint density at radius 3 is 2.48 bits per heavy atom. The number of unbranched alkanes of at least 4 members (excludes halogenated alkanes) is 1. The summed E-state index contributed by atoms with van der Waals surface area (Å²) in [5, 5.41) is 2.72. The van der Waals surface area contributed by atoms with Gasteiger partial charge in [0.1, 0.15) is 0 Å². The molecule has 0 bridgehead atoms. The van der Waals surface area contributed by atoms with Crippen LogP contribution in [0, 0.1) is 6.92 Å². The van der Waals surface area contributed by atoms with Crippen molar-refractivity contribution in [1.29, 1.82) is 0 Å². The summed E-state index contributed by atoms with van der Waals surface area (Å²) in [6.45, 7) is 3.11. The number of carbonyl (C=O) groups excluding carboxylic acids is 1. The number of benzene rings is 1. The molecule has 0 aliphatic heterocycles. The Bertz CT molecular complexity index is 537. The Morgan fingerprint density at radius 2 is 1.86 bits per heavy atom. The molecule has 118 valence electrons. The van der Waals surface area contributed by atoms with Gasteiger partial charge in [-0.25, -0.2) is 8.42 Å². The summed E-state index contributed by atoms with van der Waals surface area (Å²) in [5.74, 6) is -0.400. The van der Waals surface area contributed by atoms with Crippen molar-refractivity contribution in [3.05, 3.63) is 29.8 Å². The molecule has 0 aliphatic carbocycles. The van der Waals surface area contributed by atoms with Crippen LogP contribution in [0.3, 0.4) is 0 Å². The molecule has 0 saturated carbocycles. The zero-order valence-electron chi connectivity index (χ0n) is 12.6. The van der Waals surface area contributed by atoms with Gasteiger partial charge in [0, 0.05) is 26.7 Å². The molecule has 0 aliphatic rings. The normalized spacial score (nSPS) is 11.3. The Balaban J connectivity index is 2.36. The summed E-state index contributed by atoms with van der Waals surface area (Å²) in [4.78, 5) is 11.9. The highest BCUT2D eigenvalue weighted by Gasteiger charge is 2.15. The van der Waals surface area contributed by atoms with Gasteiger partial charge in [0.25, 0.3) is 0 Å². The number of nitrogens with one attached hydrogen (secondary N) is 1. The molecule has 1 aromatic carbocycles. The minimum Gasteiger partial charge on any atom is -0.385 e. The number of methoxy groups -OCH3 is 1. The number of hydrogen-bond donors (Lipinski definition) is 1. The fraction of sp³-hybridized carbons (Fsp3) is 0.533. The van der Waals surface area contributed by atoms with Crippen molar-refractivity contribution in [2.75, 3.05) is 26.0 Å². The van der Waals surface area contributed by atoms with E-state index < -0.39 is 9.84 Å². The van der Waals surface area contributed by atoms with Crippen LogP contribution in [0.5, 0.6) is 0 Å². The van der Waals surface area contributed by atoms with E-state index in [0.29, 0.717) is 13.2 Å². The predicted molar refractivity (Wildman–Crippen MR) is 82.0 cm³/mol. The van der Waals surface area contributed by atoms with Crippen molar-refractivity contribution in [2.24, 2.45) is 0 Å². The average Bonchev–Trinajstić information content (AvgIpc) is 2.45. The van der Waals surface area contributed by atoms with Crippen molar-refractivity contribution in [3.63, 3.8) is 0 Å². The van der Waals surface area contributed by atoms with Gasteiger partial charge in [-0.05, 0) is 31.9 Å². The predicted octanol–water partition coefficient (Wildman–Crippen LogP) is 1.70. The van der Waals surface area contributed by atoms with E-state index in [1.54, 1.807) is 31.4 Å². The molecule has 1 aromatic rings. The molecule has 5 nitrogen and oxygen atoms in total. The molecule has 1 rings (SSSR count). The van der Waals surface area contributed by atoms with Crippen molar-refractivity contribution in [1.82, 2.24) is 5.32 Å². The Labute approximate surface area is 126 Å². The van der Waals surface area contributed by atoms with E-state index in [1.165, 1.54) is 0 Å². The van der Waals surface area contributed by atoms with Gasteiger partial charge in [-0.1, -0.05) is 17.7 Å². The molecule has 0 atom stereocenters. The molecule has 1 N–H and O–H groups in total. The Kier molecular flexibility index (Phi) is 7.39. The van der Waals surface area contributed by atoms with Crippen LogP contribution in [0.25, 0.3) is 0 Å². The highest BCUT2D eigenvalue weighted by molar-refractivity contribution is 7.91. The second kappa shape index (κ2) is 8.79. The zero-order chi connectivity index (χ0) is 15.7. The molecular weight excluding hydrogens is 290 g/mol. The zero-order valence-corrected chi connectivity index (χ0v) is 13.4. The van der Waals surface area contributed by atoms with Gasteiger partial charge in [-0.3, -0.25) is 4.79 Å². The second-order valence-corrected chi connectivity index (χ2v) is 7.04. The standard InChI is InChI=1S/C15H23NO4S/c1-13-5-7-14(8-6-13)21(18,19)12-9-15(17)16-10-3-4-11-20-2/h5-8H,3-4,9-12H2,1-2H3,(H,16,17). The van der Waals surface area contributed by atoms with E-state index in [2.05, 4.69) is 5.32 Å². The third-order valence-electron chi connectivity index (χ3n) is 3.08. The maximum Gasteiger partial charge on any atom is 0.221 e. The minimum atomic E-state index is -3.39. The van der Waals surface area contributed by atoms with Crippen LogP contribution < -0.4 is 5.32 Å². The topological polar surface area (TPSA) is 72.5 Å². The van der Waals surface area contributed by atoms with E-state index in [0.717, 1.165) is 18.4 Å². The van der Waals surface area contributed by atoms with Crippen LogP contribution in [0.15, 0.2) is 29.2 Å². The number of carbonyl (C=O) groups is 1. The first-order valence-corrected chi connectivity index (χ1v) is 8.66. The second-order valence-electron chi connectivity index (χ2n) is 4.93. The summed E-state index contributed by atoms with van der Waals surface area (Å²) < 4.78 is 29.0. The maximum atomic E-state index is 12.1. The van der Waals surface area contributed by atoms with E-state index in [-0.39, 0.29) is 23.0 Å². The molecule has 0 saturated heterocycles. The van der Waals surface area contributed by atoms with Crippen LogP contribution >= 0.6 is 0 Å². The smallest absolute Gasteiger partial charge is 0.221 e. The largest absolute Gasteiger partial charge is 0.385 e. The highest BCUT2D eigenvalue weighted by atomic mass is 32.2. The molecular formula is C15H23NO4S. The Morgan fingerprint density at radius 1 is 1.19 bits per heavy atom.